The second-order valence-corrected chi connectivity index (χ2v) is 8.05. The van der Waals surface area contributed by atoms with Crippen LogP contribution in [0.15, 0.2) is 18.3 Å². The van der Waals surface area contributed by atoms with E-state index in [-0.39, 0.29) is 11.3 Å². The van der Waals surface area contributed by atoms with Crippen molar-refractivity contribution in [1.29, 1.82) is 0 Å². The van der Waals surface area contributed by atoms with E-state index >= 15 is 0 Å². The lowest BCUT2D eigenvalue weighted by molar-refractivity contribution is 0.0627. The molecule has 1 aliphatic carbocycles. The molecule has 1 fully saturated rings. The summed E-state index contributed by atoms with van der Waals surface area (Å²) in [6, 6.07) is 3.75. The van der Waals surface area contributed by atoms with Gasteiger partial charge < -0.3 is 10.6 Å². The molecule has 3 aromatic rings. The van der Waals surface area contributed by atoms with Gasteiger partial charge in [0, 0.05) is 42.2 Å². The summed E-state index contributed by atoms with van der Waals surface area (Å²) in [6.07, 6.45) is 5.72. The molecule has 8 heteroatoms. The first-order valence-electron chi connectivity index (χ1n) is 9.70. The van der Waals surface area contributed by atoms with Crippen LogP contribution < -0.4 is 5.73 Å². The highest BCUT2D eigenvalue weighted by Crippen LogP contribution is 2.44. The van der Waals surface area contributed by atoms with Gasteiger partial charge in [0.25, 0.3) is 5.91 Å². The van der Waals surface area contributed by atoms with Crippen LogP contribution in [0, 0.1) is 13.8 Å². The van der Waals surface area contributed by atoms with E-state index < -0.39 is 0 Å². The molecule has 2 aliphatic rings. The first kappa shape index (κ1) is 17.1. The Bertz CT molecular complexity index is 1100. The number of amides is 1. The largest absolute Gasteiger partial charge is 0.368 e. The summed E-state index contributed by atoms with van der Waals surface area (Å²) in [5.74, 6) is 0.262. The number of likely N-dealkylation sites (tertiary alicyclic amines) is 1. The topological polar surface area (TPSA) is 102 Å². The predicted octanol–water partition coefficient (Wildman–Crippen LogP) is 1.84. The zero-order valence-electron chi connectivity index (χ0n) is 16.1. The van der Waals surface area contributed by atoms with E-state index in [1.54, 1.807) is 10.6 Å². The predicted molar refractivity (Wildman–Crippen MR) is 104 cm³/mol. The summed E-state index contributed by atoms with van der Waals surface area (Å²) in [5, 5.41) is 4.52. The van der Waals surface area contributed by atoms with Crippen LogP contribution in [-0.4, -0.2) is 48.5 Å². The molecule has 4 heterocycles. The Labute approximate surface area is 162 Å². The zero-order chi connectivity index (χ0) is 19.5. The fourth-order valence-electron chi connectivity index (χ4n) is 4.81. The monoisotopic (exact) mass is 377 g/mol. The SMILES string of the molecule is Cc1cc(C)n2nc(C(=O)N3CCCC4(CCc5cnc(N)nc54)C3)cc2n1. The van der Waals surface area contributed by atoms with Crippen LogP contribution in [0.4, 0.5) is 5.95 Å². The molecule has 0 aromatic carbocycles. The molecular weight excluding hydrogens is 354 g/mol. The molecule has 1 saturated heterocycles. The molecule has 1 aliphatic heterocycles. The van der Waals surface area contributed by atoms with Crippen molar-refractivity contribution < 1.29 is 4.79 Å². The van der Waals surface area contributed by atoms with Gasteiger partial charge in [-0.25, -0.2) is 19.5 Å². The second kappa shape index (κ2) is 5.98. The summed E-state index contributed by atoms with van der Waals surface area (Å²) >= 11 is 0. The summed E-state index contributed by atoms with van der Waals surface area (Å²) in [6.45, 7) is 5.30. The average molecular weight is 377 g/mol. The molecule has 1 amide bonds. The number of aryl methyl sites for hydroxylation is 3. The molecule has 5 rings (SSSR count). The van der Waals surface area contributed by atoms with Crippen molar-refractivity contribution in [2.75, 3.05) is 18.8 Å². The highest BCUT2D eigenvalue weighted by molar-refractivity contribution is 5.93. The van der Waals surface area contributed by atoms with Gasteiger partial charge in [-0.15, -0.1) is 0 Å². The van der Waals surface area contributed by atoms with Crippen LogP contribution in [-0.2, 0) is 11.8 Å². The molecule has 3 aromatic heterocycles. The minimum absolute atomic E-state index is 0.0443. The van der Waals surface area contributed by atoms with Crippen molar-refractivity contribution in [1.82, 2.24) is 29.5 Å². The van der Waals surface area contributed by atoms with Crippen LogP contribution in [0.5, 0.6) is 0 Å². The molecule has 0 bridgehead atoms. The van der Waals surface area contributed by atoms with E-state index in [0.29, 0.717) is 23.8 Å². The highest BCUT2D eigenvalue weighted by Gasteiger charge is 2.45. The summed E-state index contributed by atoms with van der Waals surface area (Å²) < 4.78 is 1.73. The first-order chi connectivity index (χ1) is 13.4. The lowest BCUT2D eigenvalue weighted by Crippen LogP contribution is -2.48. The number of anilines is 1. The molecule has 0 saturated carbocycles. The quantitative estimate of drug-likeness (QED) is 0.694. The van der Waals surface area contributed by atoms with Crippen LogP contribution in [0.2, 0.25) is 0 Å². The summed E-state index contributed by atoms with van der Waals surface area (Å²) in [5.41, 5.74) is 11.0. The van der Waals surface area contributed by atoms with E-state index in [4.69, 9.17) is 5.73 Å². The zero-order valence-corrected chi connectivity index (χ0v) is 16.1. The van der Waals surface area contributed by atoms with Crippen LogP contribution in [0.3, 0.4) is 0 Å². The fraction of sp³-hybridized carbons (Fsp3) is 0.450. The number of nitrogen functional groups attached to an aromatic ring is 1. The van der Waals surface area contributed by atoms with Gasteiger partial charge in [0.2, 0.25) is 5.95 Å². The Morgan fingerprint density at radius 2 is 2.07 bits per heavy atom. The number of rotatable bonds is 1. The maximum Gasteiger partial charge on any atom is 0.274 e. The van der Waals surface area contributed by atoms with Gasteiger partial charge in [0.05, 0.1) is 5.69 Å². The van der Waals surface area contributed by atoms with Crippen molar-refractivity contribution in [3.05, 3.63) is 46.7 Å². The number of piperidine rings is 1. The lowest BCUT2D eigenvalue weighted by atomic mass is 9.77. The number of hydrogen-bond donors (Lipinski definition) is 1. The van der Waals surface area contributed by atoms with Crippen LogP contribution in [0.25, 0.3) is 5.65 Å². The molecule has 1 atom stereocenters. The third kappa shape index (κ3) is 2.55. The number of nitrogens with zero attached hydrogens (tertiary/aromatic N) is 6. The van der Waals surface area contributed by atoms with Gasteiger partial charge >= 0.3 is 0 Å². The Kier molecular flexibility index (Phi) is 3.65. The third-order valence-electron chi connectivity index (χ3n) is 6.07. The first-order valence-corrected chi connectivity index (χ1v) is 9.70. The smallest absolute Gasteiger partial charge is 0.274 e. The van der Waals surface area contributed by atoms with E-state index in [0.717, 1.165) is 54.9 Å². The number of nitrogens with two attached hydrogens (primary N) is 1. The number of carbonyl (C=O) groups excluding carboxylic acids is 1. The highest BCUT2D eigenvalue weighted by atomic mass is 16.2. The average Bonchev–Trinajstić information content (AvgIpc) is 3.24. The summed E-state index contributed by atoms with van der Waals surface area (Å²) in [4.78, 5) is 28.3. The number of carbonyl (C=O) groups is 1. The van der Waals surface area contributed by atoms with Gasteiger partial charge in [0.15, 0.2) is 11.3 Å². The van der Waals surface area contributed by atoms with E-state index in [9.17, 15) is 4.79 Å². The molecule has 2 N–H and O–H groups in total. The van der Waals surface area contributed by atoms with Crippen molar-refractivity contribution in [3.63, 3.8) is 0 Å². The summed E-state index contributed by atoms with van der Waals surface area (Å²) in [7, 11) is 0. The molecule has 0 radical (unpaired) electrons. The van der Waals surface area contributed by atoms with Gasteiger partial charge in [-0.1, -0.05) is 0 Å². The van der Waals surface area contributed by atoms with Crippen molar-refractivity contribution in [2.24, 2.45) is 0 Å². The molecule has 28 heavy (non-hydrogen) atoms. The number of fused-ring (bicyclic) bond motifs is 3. The molecule has 1 spiro atoms. The molecular formula is C20H23N7O. The van der Waals surface area contributed by atoms with Crippen molar-refractivity contribution >= 4 is 17.5 Å². The second-order valence-electron chi connectivity index (χ2n) is 8.05. The van der Waals surface area contributed by atoms with Gasteiger partial charge in [-0.2, -0.15) is 5.10 Å². The maximum atomic E-state index is 13.2. The Morgan fingerprint density at radius 3 is 2.93 bits per heavy atom. The van der Waals surface area contributed by atoms with Crippen LogP contribution >= 0.6 is 0 Å². The Balaban J connectivity index is 1.47. The Hall–Kier alpha value is -3.03. The van der Waals surface area contributed by atoms with E-state index in [2.05, 4.69) is 20.1 Å². The van der Waals surface area contributed by atoms with Crippen molar-refractivity contribution in [3.8, 4) is 0 Å². The minimum Gasteiger partial charge on any atom is -0.368 e. The van der Waals surface area contributed by atoms with Gasteiger partial charge in [-0.3, -0.25) is 4.79 Å². The Morgan fingerprint density at radius 1 is 1.21 bits per heavy atom. The van der Waals surface area contributed by atoms with Gasteiger partial charge in [0.1, 0.15) is 0 Å². The van der Waals surface area contributed by atoms with Gasteiger partial charge in [-0.05, 0) is 51.2 Å². The van der Waals surface area contributed by atoms with Crippen LogP contribution in [0.1, 0.15) is 52.4 Å². The third-order valence-corrected chi connectivity index (χ3v) is 6.07. The standard InChI is InChI=1S/C20H23N7O/c1-12-8-13(2)27-16(23-12)9-15(25-27)18(28)26-7-3-5-20(11-26)6-4-14-10-22-19(21)24-17(14)20/h8-10H,3-7,11H2,1-2H3,(H2,21,22,24). The fourth-order valence-corrected chi connectivity index (χ4v) is 4.81. The molecule has 144 valence electrons. The van der Waals surface area contributed by atoms with E-state index in [1.165, 1.54) is 0 Å². The minimum atomic E-state index is -0.121. The molecule has 1 unspecified atom stereocenters. The number of hydrogen-bond acceptors (Lipinski definition) is 6. The normalized spacial score (nSPS) is 21.4. The lowest BCUT2D eigenvalue weighted by Gasteiger charge is -2.40. The maximum absolute atomic E-state index is 13.2. The molecule has 8 nitrogen and oxygen atoms in total. The van der Waals surface area contributed by atoms with Crippen molar-refractivity contribution in [2.45, 2.75) is 44.9 Å². The number of aromatic nitrogens is 5. The van der Waals surface area contributed by atoms with E-state index in [1.807, 2.05) is 31.0 Å².